The Kier molecular flexibility index (Phi) is 5.61. The van der Waals surface area contributed by atoms with E-state index in [1.165, 1.54) is 6.07 Å². The molecule has 0 bridgehead atoms. The summed E-state index contributed by atoms with van der Waals surface area (Å²) in [5, 5.41) is 6.70. The minimum atomic E-state index is -0.305. The number of likely N-dealkylation sites (tertiary alicyclic amines) is 1. The van der Waals surface area contributed by atoms with E-state index >= 15 is 0 Å². The molecule has 0 unspecified atom stereocenters. The number of nitrogens with zero attached hydrogens (tertiary/aromatic N) is 2. The SMILES string of the molecule is Cc1cc(C(=O)N2CCC(C(=O)Nc3cccc(-c4ccccc4F)c3)CC2)no1. The zero-order valence-corrected chi connectivity index (χ0v) is 16.6. The molecule has 7 heteroatoms. The zero-order valence-electron chi connectivity index (χ0n) is 16.6. The van der Waals surface area contributed by atoms with Crippen LogP contribution >= 0.6 is 0 Å². The molecule has 1 aliphatic heterocycles. The lowest BCUT2D eigenvalue weighted by atomic mass is 9.95. The lowest BCUT2D eigenvalue weighted by molar-refractivity contribution is -0.121. The van der Waals surface area contributed by atoms with Crippen LogP contribution in [0, 0.1) is 18.7 Å². The van der Waals surface area contributed by atoms with Gasteiger partial charge in [0, 0.05) is 36.3 Å². The topological polar surface area (TPSA) is 75.4 Å². The number of hydrogen-bond acceptors (Lipinski definition) is 4. The first-order chi connectivity index (χ1) is 14.5. The third-order valence-corrected chi connectivity index (χ3v) is 5.32. The summed E-state index contributed by atoms with van der Waals surface area (Å²) in [7, 11) is 0. The van der Waals surface area contributed by atoms with Crippen LogP contribution in [0.3, 0.4) is 0 Å². The van der Waals surface area contributed by atoms with Crippen molar-refractivity contribution in [3.8, 4) is 11.1 Å². The number of hydrogen-bond donors (Lipinski definition) is 1. The van der Waals surface area contributed by atoms with E-state index in [4.69, 9.17) is 4.52 Å². The number of benzene rings is 2. The number of nitrogens with one attached hydrogen (secondary N) is 1. The normalized spacial score (nSPS) is 14.5. The Bertz CT molecular complexity index is 1070. The van der Waals surface area contributed by atoms with Crippen molar-refractivity contribution in [2.45, 2.75) is 19.8 Å². The molecule has 0 spiro atoms. The number of piperidine rings is 1. The predicted molar refractivity (Wildman–Crippen MR) is 110 cm³/mol. The first-order valence-corrected chi connectivity index (χ1v) is 9.89. The Balaban J connectivity index is 1.37. The molecule has 6 nitrogen and oxygen atoms in total. The highest BCUT2D eigenvalue weighted by Crippen LogP contribution is 2.26. The van der Waals surface area contributed by atoms with Crippen molar-refractivity contribution in [2.24, 2.45) is 5.92 Å². The molecule has 154 valence electrons. The van der Waals surface area contributed by atoms with Crippen molar-refractivity contribution in [2.75, 3.05) is 18.4 Å². The van der Waals surface area contributed by atoms with Crippen LogP contribution in [-0.2, 0) is 4.79 Å². The number of carbonyl (C=O) groups is 2. The van der Waals surface area contributed by atoms with Crippen molar-refractivity contribution in [1.29, 1.82) is 0 Å². The van der Waals surface area contributed by atoms with E-state index in [2.05, 4.69) is 10.5 Å². The fourth-order valence-electron chi connectivity index (χ4n) is 3.68. The number of anilines is 1. The van der Waals surface area contributed by atoms with E-state index < -0.39 is 0 Å². The first-order valence-electron chi connectivity index (χ1n) is 9.89. The second kappa shape index (κ2) is 8.49. The van der Waals surface area contributed by atoms with Crippen LogP contribution in [0.5, 0.6) is 0 Å². The van der Waals surface area contributed by atoms with Crippen LogP contribution in [0.15, 0.2) is 59.1 Å². The highest BCUT2D eigenvalue weighted by molar-refractivity contribution is 5.94. The maximum Gasteiger partial charge on any atom is 0.276 e. The van der Waals surface area contributed by atoms with Crippen molar-refractivity contribution in [3.63, 3.8) is 0 Å². The number of aromatic nitrogens is 1. The summed E-state index contributed by atoms with van der Waals surface area (Å²) < 4.78 is 19.0. The van der Waals surface area contributed by atoms with E-state index in [-0.39, 0.29) is 23.5 Å². The van der Waals surface area contributed by atoms with Gasteiger partial charge in [0.2, 0.25) is 5.91 Å². The van der Waals surface area contributed by atoms with Gasteiger partial charge in [0.25, 0.3) is 5.91 Å². The Morgan fingerprint density at radius 1 is 1.10 bits per heavy atom. The Morgan fingerprint density at radius 2 is 1.87 bits per heavy atom. The molecule has 0 saturated carbocycles. The van der Waals surface area contributed by atoms with Gasteiger partial charge in [0.05, 0.1) is 0 Å². The van der Waals surface area contributed by atoms with Gasteiger partial charge in [-0.3, -0.25) is 9.59 Å². The van der Waals surface area contributed by atoms with Crippen LogP contribution in [-0.4, -0.2) is 35.0 Å². The Morgan fingerprint density at radius 3 is 2.57 bits per heavy atom. The standard InChI is InChI=1S/C23H22FN3O3/c1-15-13-21(26-30-15)23(29)27-11-9-16(10-12-27)22(28)25-18-6-4-5-17(14-18)19-7-2-3-8-20(19)24/h2-8,13-14,16H,9-12H2,1H3,(H,25,28). The van der Waals surface area contributed by atoms with E-state index in [0.717, 1.165) is 0 Å². The van der Waals surface area contributed by atoms with Gasteiger partial charge >= 0.3 is 0 Å². The molecule has 1 aliphatic rings. The Labute approximate surface area is 173 Å². The molecule has 1 saturated heterocycles. The van der Waals surface area contributed by atoms with Gasteiger partial charge in [0.15, 0.2) is 5.69 Å². The highest BCUT2D eigenvalue weighted by atomic mass is 19.1. The number of carbonyl (C=O) groups excluding carboxylic acids is 2. The van der Waals surface area contributed by atoms with E-state index in [1.807, 2.05) is 6.07 Å². The van der Waals surface area contributed by atoms with E-state index in [1.54, 1.807) is 54.3 Å². The molecule has 3 aromatic rings. The van der Waals surface area contributed by atoms with E-state index in [9.17, 15) is 14.0 Å². The van der Waals surface area contributed by atoms with Gasteiger partial charge < -0.3 is 14.7 Å². The van der Waals surface area contributed by atoms with Crippen LogP contribution in [0.25, 0.3) is 11.1 Å². The zero-order chi connectivity index (χ0) is 21.1. The summed E-state index contributed by atoms with van der Waals surface area (Å²) in [6.45, 7) is 2.71. The molecule has 0 atom stereocenters. The molecule has 2 aromatic carbocycles. The van der Waals surface area contributed by atoms with Gasteiger partial charge in [-0.1, -0.05) is 35.5 Å². The molecule has 0 radical (unpaired) electrons. The van der Waals surface area contributed by atoms with Gasteiger partial charge in [-0.25, -0.2) is 4.39 Å². The van der Waals surface area contributed by atoms with Gasteiger partial charge in [-0.05, 0) is 43.5 Å². The smallest absolute Gasteiger partial charge is 0.276 e. The molecule has 2 heterocycles. The highest BCUT2D eigenvalue weighted by Gasteiger charge is 2.29. The second-order valence-electron chi connectivity index (χ2n) is 7.44. The average Bonchev–Trinajstić information content (AvgIpc) is 3.20. The molecule has 1 N–H and O–H groups in total. The first kappa shape index (κ1) is 19.8. The van der Waals surface area contributed by atoms with E-state index in [0.29, 0.717) is 54.2 Å². The molecule has 1 fully saturated rings. The van der Waals surface area contributed by atoms with Gasteiger partial charge in [-0.15, -0.1) is 0 Å². The number of aryl methyl sites for hydroxylation is 1. The number of rotatable bonds is 4. The molecular formula is C23H22FN3O3. The molecule has 30 heavy (non-hydrogen) atoms. The maximum atomic E-state index is 14.1. The third kappa shape index (κ3) is 4.25. The average molecular weight is 407 g/mol. The van der Waals surface area contributed by atoms with Crippen molar-refractivity contribution < 1.29 is 18.5 Å². The van der Waals surface area contributed by atoms with Crippen molar-refractivity contribution in [1.82, 2.24) is 10.1 Å². The Hall–Kier alpha value is -3.48. The quantitative estimate of drug-likeness (QED) is 0.700. The maximum absolute atomic E-state index is 14.1. The monoisotopic (exact) mass is 407 g/mol. The summed E-state index contributed by atoms with van der Waals surface area (Å²) >= 11 is 0. The molecule has 2 amide bonds. The largest absolute Gasteiger partial charge is 0.361 e. The number of halogens is 1. The van der Waals surface area contributed by atoms with Crippen molar-refractivity contribution in [3.05, 3.63) is 71.9 Å². The summed E-state index contributed by atoms with van der Waals surface area (Å²) in [6, 6.07) is 15.3. The molecule has 4 rings (SSSR count). The lowest BCUT2D eigenvalue weighted by Gasteiger charge is -2.30. The molecule has 1 aromatic heterocycles. The molecule has 0 aliphatic carbocycles. The fraction of sp³-hybridized carbons (Fsp3) is 0.261. The van der Waals surface area contributed by atoms with Gasteiger partial charge in [-0.2, -0.15) is 0 Å². The van der Waals surface area contributed by atoms with Crippen LogP contribution < -0.4 is 5.32 Å². The van der Waals surface area contributed by atoms with Crippen LogP contribution in [0.1, 0.15) is 29.1 Å². The van der Waals surface area contributed by atoms with Crippen LogP contribution in [0.4, 0.5) is 10.1 Å². The summed E-state index contributed by atoms with van der Waals surface area (Å²) in [6.07, 6.45) is 1.14. The van der Waals surface area contributed by atoms with Crippen molar-refractivity contribution >= 4 is 17.5 Å². The van der Waals surface area contributed by atoms with Gasteiger partial charge in [0.1, 0.15) is 11.6 Å². The minimum Gasteiger partial charge on any atom is -0.361 e. The number of amides is 2. The summed E-state index contributed by atoms with van der Waals surface area (Å²) in [5.41, 5.74) is 2.11. The summed E-state index contributed by atoms with van der Waals surface area (Å²) in [4.78, 5) is 26.9. The lowest BCUT2D eigenvalue weighted by Crippen LogP contribution is -2.41. The predicted octanol–water partition coefficient (Wildman–Crippen LogP) is 4.28. The fourth-order valence-corrected chi connectivity index (χ4v) is 3.68. The third-order valence-electron chi connectivity index (χ3n) is 5.32. The van der Waals surface area contributed by atoms with Crippen LogP contribution in [0.2, 0.25) is 0 Å². The second-order valence-corrected chi connectivity index (χ2v) is 7.44. The minimum absolute atomic E-state index is 0.0925. The summed E-state index contributed by atoms with van der Waals surface area (Å²) in [5.74, 6) is -0.177. The molecular weight excluding hydrogens is 385 g/mol.